The van der Waals surface area contributed by atoms with Gasteiger partial charge in [-0.3, -0.25) is 0 Å². The van der Waals surface area contributed by atoms with Crippen LogP contribution in [0.4, 0.5) is 0 Å². The van der Waals surface area contributed by atoms with E-state index in [-0.39, 0.29) is 11.7 Å². The van der Waals surface area contributed by atoms with Gasteiger partial charge in [0.05, 0.1) is 12.7 Å². The summed E-state index contributed by atoms with van der Waals surface area (Å²) in [6, 6.07) is 0. The molecule has 0 radical (unpaired) electrons. The van der Waals surface area contributed by atoms with Gasteiger partial charge in [0, 0.05) is 18.4 Å². The van der Waals surface area contributed by atoms with Gasteiger partial charge in [-0.05, 0) is 12.8 Å². The molecule has 0 bridgehead atoms. The lowest BCUT2D eigenvalue weighted by Crippen LogP contribution is -2.28. The lowest BCUT2D eigenvalue weighted by Gasteiger charge is -2.25. The third-order valence-electron chi connectivity index (χ3n) is 2.55. The van der Waals surface area contributed by atoms with E-state index in [0.717, 1.165) is 6.42 Å². The molecule has 1 aliphatic rings. The van der Waals surface area contributed by atoms with E-state index in [1.54, 1.807) is 0 Å². The first kappa shape index (κ1) is 13.2. The maximum atomic E-state index is 10.6. The topological polar surface area (TPSA) is 55.8 Å². The number of carboxylic acids is 1. The van der Waals surface area contributed by atoms with Crippen molar-refractivity contribution in [1.29, 1.82) is 0 Å². The summed E-state index contributed by atoms with van der Waals surface area (Å²) in [5.41, 5.74) is 0.169. The lowest BCUT2D eigenvalue weighted by atomic mass is 10.0. The molecular weight excluding hydrogens is 208 g/mol. The molecule has 92 valence electrons. The number of carboxylic acid groups (broad SMARTS) is 1. The van der Waals surface area contributed by atoms with Gasteiger partial charge in [-0.25, -0.2) is 4.79 Å². The van der Waals surface area contributed by atoms with Gasteiger partial charge in [0.25, 0.3) is 0 Å². The van der Waals surface area contributed by atoms with E-state index in [1.165, 1.54) is 0 Å². The van der Waals surface area contributed by atoms with Crippen LogP contribution >= 0.6 is 0 Å². The maximum Gasteiger partial charge on any atom is 0.331 e. The van der Waals surface area contributed by atoms with Crippen LogP contribution in [-0.2, 0) is 14.3 Å². The van der Waals surface area contributed by atoms with Crippen molar-refractivity contribution in [3.05, 3.63) is 12.2 Å². The quantitative estimate of drug-likeness (QED) is 0.733. The Morgan fingerprint density at radius 2 is 2.25 bits per heavy atom. The zero-order valence-electron chi connectivity index (χ0n) is 10.2. The van der Waals surface area contributed by atoms with Gasteiger partial charge in [0.2, 0.25) is 0 Å². The molecule has 0 aliphatic carbocycles. The van der Waals surface area contributed by atoms with Crippen molar-refractivity contribution in [2.75, 3.05) is 6.61 Å². The highest BCUT2D eigenvalue weighted by Crippen LogP contribution is 2.31. The summed E-state index contributed by atoms with van der Waals surface area (Å²) in [4.78, 5) is 10.6. The number of aliphatic carboxylic acids is 1. The monoisotopic (exact) mass is 228 g/mol. The zero-order valence-corrected chi connectivity index (χ0v) is 10.2. The summed E-state index contributed by atoms with van der Waals surface area (Å²) in [6.45, 7) is 10.0. The summed E-state index contributed by atoms with van der Waals surface area (Å²) >= 11 is 0. The van der Waals surface area contributed by atoms with Crippen molar-refractivity contribution in [1.82, 2.24) is 0 Å². The summed E-state index contributed by atoms with van der Waals surface area (Å²) in [7, 11) is 0. The van der Waals surface area contributed by atoms with Gasteiger partial charge >= 0.3 is 5.97 Å². The van der Waals surface area contributed by atoms with Crippen LogP contribution in [0.2, 0.25) is 0 Å². The predicted octanol–water partition coefficient (Wildman–Crippen LogP) is 2.19. The second kappa shape index (κ2) is 4.97. The number of ether oxygens (including phenoxy) is 2. The van der Waals surface area contributed by atoms with E-state index in [9.17, 15) is 4.79 Å². The fourth-order valence-corrected chi connectivity index (χ4v) is 2.00. The molecule has 1 rings (SSSR count). The van der Waals surface area contributed by atoms with E-state index < -0.39 is 11.8 Å². The average Bonchev–Trinajstić information content (AvgIpc) is 2.45. The lowest BCUT2D eigenvalue weighted by molar-refractivity contribution is -0.164. The summed E-state index contributed by atoms with van der Waals surface area (Å²) in [5.74, 6) is -1.06. The highest BCUT2D eigenvalue weighted by atomic mass is 16.7. The number of rotatable bonds is 5. The molecule has 2 atom stereocenters. The normalized spacial score (nSPS) is 29.6. The Hall–Kier alpha value is -0.870. The minimum absolute atomic E-state index is 0.169. The molecule has 1 aliphatic heterocycles. The third-order valence-corrected chi connectivity index (χ3v) is 2.55. The Balaban J connectivity index is 2.46. The standard InChI is InChI=1S/C12H20O4/c1-8(2)6-12(4)15-7-10(16-12)5-9(3)11(13)14/h8,10H,3,5-7H2,1-2,4H3,(H,13,14). The van der Waals surface area contributed by atoms with Crippen LogP contribution in [0.25, 0.3) is 0 Å². The van der Waals surface area contributed by atoms with Crippen molar-refractivity contribution < 1.29 is 19.4 Å². The fourth-order valence-electron chi connectivity index (χ4n) is 2.00. The van der Waals surface area contributed by atoms with Gasteiger partial charge < -0.3 is 14.6 Å². The molecule has 0 aromatic rings. The molecule has 0 amide bonds. The van der Waals surface area contributed by atoms with E-state index in [4.69, 9.17) is 14.6 Å². The molecule has 4 heteroatoms. The van der Waals surface area contributed by atoms with Crippen LogP contribution in [0.1, 0.15) is 33.6 Å². The Morgan fingerprint density at radius 3 is 2.75 bits per heavy atom. The van der Waals surface area contributed by atoms with Gasteiger partial charge in [-0.2, -0.15) is 0 Å². The minimum Gasteiger partial charge on any atom is -0.478 e. The van der Waals surface area contributed by atoms with Crippen molar-refractivity contribution in [3.63, 3.8) is 0 Å². The van der Waals surface area contributed by atoms with Gasteiger partial charge in [0.1, 0.15) is 0 Å². The van der Waals surface area contributed by atoms with Crippen LogP contribution in [0, 0.1) is 5.92 Å². The van der Waals surface area contributed by atoms with Crippen LogP contribution in [0.3, 0.4) is 0 Å². The van der Waals surface area contributed by atoms with Crippen LogP contribution in [0.15, 0.2) is 12.2 Å². The summed E-state index contributed by atoms with van der Waals surface area (Å²) < 4.78 is 11.3. The first-order valence-electron chi connectivity index (χ1n) is 5.55. The molecule has 1 saturated heterocycles. The largest absolute Gasteiger partial charge is 0.478 e. The zero-order chi connectivity index (χ0) is 12.3. The number of hydrogen-bond donors (Lipinski definition) is 1. The minimum atomic E-state index is -0.971. The molecule has 0 aromatic heterocycles. The SMILES string of the molecule is C=C(CC1COC(C)(CC(C)C)O1)C(=O)O. The number of carbonyl (C=O) groups is 1. The molecule has 0 aromatic carbocycles. The highest BCUT2D eigenvalue weighted by Gasteiger charge is 2.37. The third kappa shape index (κ3) is 3.61. The molecule has 0 saturated carbocycles. The Kier molecular flexibility index (Phi) is 4.10. The second-order valence-corrected chi connectivity index (χ2v) is 4.90. The molecule has 2 unspecified atom stereocenters. The van der Waals surface area contributed by atoms with E-state index in [2.05, 4.69) is 20.4 Å². The molecule has 1 N–H and O–H groups in total. The average molecular weight is 228 g/mol. The Labute approximate surface area is 96.2 Å². The molecule has 16 heavy (non-hydrogen) atoms. The first-order chi connectivity index (χ1) is 7.32. The van der Waals surface area contributed by atoms with Gasteiger partial charge in [-0.1, -0.05) is 20.4 Å². The van der Waals surface area contributed by atoms with Crippen molar-refractivity contribution >= 4 is 5.97 Å². The number of hydrogen-bond acceptors (Lipinski definition) is 3. The van der Waals surface area contributed by atoms with Crippen LogP contribution < -0.4 is 0 Å². The van der Waals surface area contributed by atoms with Crippen molar-refractivity contribution in [3.8, 4) is 0 Å². The second-order valence-electron chi connectivity index (χ2n) is 4.90. The van der Waals surface area contributed by atoms with Crippen molar-refractivity contribution in [2.24, 2.45) is 5.92 Å². The molecule has 1 heterocycles. The predicted molar refractivity (Wildman–Crippen MR) is 60.1 cm³/mol. The summed E-state index contributed by atoms with van der Waals surface area (Å²) in [6.07, 6.45) is 0.943. The summed E-state index contributed by atoms with van der Waals surface area (Å²) in [5, 5.41) is 8.72. The van der Waals surface area contributed by atoms with Crippen LogP contribution in [-0.4, -0.2) is 29.6 Å². The highest BCUT2D eigenvalue weighted by molar-refractivity contribution is 5.85. The van der Waals surface area contributed by atoms with E-state index in [1.807, 2.05) is 6.92 Å². The Bertz CT molecular complexity index is 285. The molecule has 4 nitrogen and oxygen atoms in total. The maximum absolute atomic E-state index is 10.6. The molecular formula is C12H20O4. The first-order valence-corrected chi connectivity index (χ1v) is 5.55. The smallest absolute Gasteiger partial charge is 0.331 e. The van der Waals surface area contributed by atoms with E-state index in [0.29, 0.717) is 18.9 Å². The van der Waals surface area contributed by atoms with E-state index >= 15 is 0 Å². The van der Waals surface area contributed by atoms with Gasteiger partial charge in [0.15, 0.2) is 5.79 Å². The van der Waals surface area contributed by atoms with Gasteiger partial charge in [-0.15, -0.1) is 0 Å². The fraction of sp³-hybridized carbons (Fsp3) is 0.750. The van der Waals surface area contributed by atoms with Crippen LogP contribution in [0.5, 0.6) is 0 Å². The molecule has 1 fully saturated rings. The van der Waals surface area contributed by atoms with Crippen molar-refractivity contribution in [2.45, 2.75) is 45.5 Å². The molecule has 0 spiro atoms. The Morgan fingerprint density at radius 1 is 1.62 bits per heavy atom.